The monoisotopic (exact) mass is 244 g/mol. The van der Waals surface area contributed by atoms with Crippen LogP contribution in [-0.2, 0) is 6.54 Å². The number of anilines is 3. The molecule has 0 fully saturated rings. The summed E-state index contributed by atoms with van der Waals surface area (Å²) in [7, 11) is 1.79. The van der Waals surface area contributed by atoms with E-state index in [1.54, 1.807) is 13.1 Å². The molecule has 0 unspecified atom stereocenters. The molecule has 0 atom stereocenters. The fraction of sp³-hybridized carbons (Fsp3) is 0.250. The number of aromatic nitrogens is 3. The second kappa shape index (κ2) is 5.31. The van der Waals surface area contributed by atoms with Gasteiger partial charge in [0, 0.05) is 18.8 Å². The van der Waals surface area contributed by atoms with Gasteiger partial charge in [0.2, 0.25) is 5.95 Å². The smallest absolute Gasteiger partial charge is 0.223 e. The average molecular weight is 244 g/mol. The Labute approximate surface area is 106 Å². The summed E-state index contributed by atoms with van der Waals surface area (Å²) >= 11 is 0. The van der Waals surface area contributed by atoms with Crippen molar-refractivity contribution in [3.05, 3.63) is 35.7 Å². The number of nitrogens with two attached hydrogens (primary N) is 1. The maximum absolute atomic E-state index is 5.61. The topological polar surface area (TPSA) is 88.8 Å². The number of hydrogen-bond acceptors (Lipinski definition) is 6. The van der Waals surface area contributed by atoms with Gasteiger partial charge in [0.25, 0.3) is 0 Å². The standard InChI is InChI=1S/C12H16N6/c1-8-4-3-5-9(16-8)7-15-11-6-10(14-2)17-12(13)18-11/h3-6H,7H2,1-2H3,(H4,13,14,15,17,18). The van der Waals surface area contributed by atoms with Gasteiger partial charge in [0.05, 0.1) is 12.2 Å². The van der Waals surface area contributed by atoms with Gasteiger partial charge in [0.1, 0.15) is 11.6 Å². The van der Waals surface area contributed by atoms with E-state index < -0.39 is 0 Å². The van der Waals surface area contributed by atoms with E-state index in [0.717, 1.165) is 11.4 Å². The first-order chi connectivity index (χ1) is 8.67. The molecule has 2 aromatic heterocycles. The van der Waals surface area contributed by atoms with Gasteiger partial charge in [-0.2, -0.15) is 9.97 Å². The molecule has 2 aromatic rings. The van der Waals surface area contributed by atoms with Crippen LogP contribution in [0.15, 0.2) is 24.3 Å². The van der Waals surface area contributed by atoms with E-state index in [-0.39, 0.29) is 5.95 Å². The predicted molar refractivity (Wildman–Crippen MR) is 72.3 cm³/mol. The summed E-state index contributed by atoms with van der Waals surface area (Å²) in [4.78, 5) is 12.5. The molecule has 6 heteroatoms. The van der Waals surface area contributed by atoms with Gasteiger partial charge in [-0.1, -0.05) is 6.07 Å². The molecule has 4 N–H and O–H groups in total. The second-order valence-electron chi connectivity index (χ2n) is 3.87. The Morgan fingerprint density at radius 3 is 2.67 bits per heavy atom. The van der Waals surface area contributed by atoms with E-state index in [9.17, 15) is 0 Å². The Morgan fingerprint density at radius 2 is 1.94 bits per heavy atom. The molecule has 0 aliphatic carbocycles. The van der Waals surface area contributed by atoms with Crippen LogP contribution in [0, 0.1) is 6.92 Å². The SMILES string of the molecule is CNc1cc(NCc2cccc(C)n2)nc(N)n1. The highest BCUT2D eigenvalue weighted by Crippen LogP contribution is 2.12. The Kier molecular flexibility index (Phi) is 3.57. The van der Waals surface area contributed by atoms with E-state index in [4.69, 9.17) is 5.73 Å². The molecule has 0 saturated heterocycles. The Bertz CT molecular complexity index is 540. The molecule has 0 aliphatic rings. The van der Waals surface area contributed by atoms with E-state index in [1.165, 1.54) is 0 Å². The van der Waals surface area contributed by atoms with Gasteiger partial charge < -0.3 is 16.4 Å². The first-order valence-electron chi connectivity index (χ1n) is 5.66. The van der Waals surface area contributed by atoms with Crippen molar-refractivity contribution in [2.45, 2.75) is 13.5 Å². The van der Waals surface area contributed by atoms with Crippen molar-refractivity contribution in [1.29, 1.82) is 0 Å². The number of aryl methyl sites for hydroxylation is 1. The van der Waals surface area contributed by atoms with Crippen LogP contribution in [0.5, 0.6) is 0 Å². The highest BCUT2D eigenvalue weighted by molar-refractivity contribution is 5.50. The van der Waals surface area contributed by atoms with Crippen molar-refractivity contribution < 1.29 is 0 Å². The quantitative estimate of drug-likeness (QED) is 0.753. The van der Waals surface area contributed by atoms with Crippen LogP contribution in [0.4, 0.5) is 17.6 Å². The molecule has 0 bridgehead atoms. The van der Waals surface area contributed by atoms with Crippen LogP contribution in [0.2, 0.25) is 0 Å². The van der Waals surface area contributed by atoms with Crippen LogP contribution in [0.25, 0.3) is 0 Å². The summed E-state index contributed by atoms with van der Waals surface area (Å²) in [6, 6.07) is 7.70. The van der Waals surface area contributed by atoms with Gasteiger partial charge in [-0.3, -0.25) is 4.98 Å². The average Bonchev–Trinajstić information content (AvgIpc) is 2.36. The predicted octanol–water partition coefficient (Wildman–Crippen LogP) is 1.42. The molecule has 0 amide bonds. The number of nitrogens with one attached hydrogen (secondary N) is 2. The van der Waals surface area contributed by atoms with Crippen LogP contribution in [0.3, 0.4) is 0 Å². The molecule has 2 rings (SSSR count). The minimum atomic E-state index is 0.238. The zero-order valence-corrected chi connectivity index (χ0v) is 10.4. The van der Waals surface area contributed by atoms with Gasteiger partial charge in [0.15, 0.2) is 0 Å². The first kappa shape index (κ1) is 12.1. The Hall–Kier alpha value is -2.37. The van der Waals surface area contributed by atoms with Crippen molar-refractivity contribution in [2.75, 3.05) is 23.4 Å². The third-order valence-corrected chi connectivity index (χ3v) is 2.40. The number of pyridine rings is 1. The lowest BCUT2D eigenvalue weighted by atomic mass is 10.3. The number of rotatable bonds is 4. The van der Waals surface area contributed by atoms with E-state index >= 15 is 0 Å². The Balaban J connectivity index is 2.08. The second-order valence-corrected chi connectivity index (χ2v) is 3.87. The molecule has 2 heterocycles. The highest BCUT2D eigenvalue weighted by atomic mass is 15.1. The van der Waals surface area contributed by atoms with E-state index in [1.807, 2.05) is 25.1 Å². The first-order valence-corrected chi connectivity index (χ1v) is 5.66. The summed E-state index contributed by atoms with van der Waals surface area (Å²) in [5, 5.41) is 6.10. The third kappa shape index (κ3) is 3.07. The number of nitrogens with zero attached hydrogens (tertiary/aromatic N) is 3. The molecule has 6 nitrogen and oxygen atoms in total. The van der Waals surface area contributed by atoms with E-state index in [0.29, 0.717) is 18.2 Å². The van der Waals surface area contributed by atoms with E-state index in [2.05, 4.69) is 25.6 Å². The molecule has 18 heavy (non-hydrogen) atoms. The molecule has 0 radical (unpaired) electrons. The molecular formula is C12H16N6. The normalized spacial score (nSPS) is 10.1. The molecule has 94 valence electrons. The lowest BCUT2D eigenvalue weighted by Gasteiger charge is -2.08. The third-order valence-electron chi connectivity index (χ3n) is 2.40. The maximum atomic E-state index is 5.61. The van der Waals surface area contributed by atoms with Crippen molar-refractivity contribution in [1.82, 2.24) is 15.0 Å². The highest BCUT2D eigenvalue weighted by Gasteiger charge is 2.01. The molecule has 0 aromatic carbocycles. The van der Waals surface area contributed by atoms with Crippen LogP contribution < -0.4 is 16.4 Å². The summed E-state index contributed by atoms with van der Waals surface area (Å²) < 4.78 is 0. The molecule has 0 aliphatic heterocycles. The van der Waals surface area contributed by atoms with Crippen LogP contribution >= 0.6 is 0 Å². The largest absolute Gasteiger partial charge is 0.373 e. The zero-order valence-electron chi connectivity index (χ0n) is 10.4. The fourth-order valence-corrected chi connectivity index (χ4v) is 1.56. The minimum Gasteiger partial charge on any atom is -0.373 e. The molecule has 0 spiro atoms. The summed E-state index contributed by atoms with van der Waals surface area (Å²) in [6.45, 7) is 2.56. The zero-order chi connectivity index (χ0) is 13.0. The van der Waals surface area contributed by atoms with Gasteiger partial charge in [-0.25, -0.2) is 0 Å². The van der Waals surface area contributed by atoms with Crippen LogP contribution in [0.1, 0.15) is 11.4 Å². The lowest BCUT2D eigenvalue weighted by molar-refractivity contribution is 1.000. The fourth-order valence-electron chi connectivity index (χ4n) is 1.56. The molecular weight excluding hydrogens is 228 g/mol. The van der Waals surface area contributed by atoms with Crippen molar-refractivity contribution >= 4 is 17.6 Å². The van der Waals surface area contributed by atoms with Gasteiger partial charge in [-0.05, 0) is 19.1 Å². The summed E-state index contributed by atoms with van der Waals surface area (Å²) in [5.41, 5.74) is 7.56. The number of hydrogen-bond donors (Lipinski definition) is 3. The van der Waals surface area contributed by atoms with Crippen molar-refractivity contribution in [2.24, 2.45) is 0 Å². The lowest BCUT2D eigenvalue weighted by Crippen LogP contribution is -2.07. The number of nitrogen functional groups attached to an aromatic ring is 1. The minimum absolute atomic E-state index is 0.238. The summed E-state index contributed by atoms with van der Waals surface area (Å²) in [6.07, 6.45) is 0. The van der Waals surface area contributed by atoms with Gasteiger partial charge in [-0.15, -0.1) is 0 Å². The van der Waals surface area contributed by atoms with Crippen molar-refractivity contribution in [3.8, 4) is 0 Å². The Morgan fingerprint density at radius 1 is 1.17 bits per heavy atom. The maximum Gasteiger partial charge on any atom is 0.223 e. The van der Waals surface area contributed by atoms with Gasteiger partial charge >= 0.3 is 0 Å². The van der Waals surface area contributed by atoms with Crippen LogP contribution in [-0.4, -0.2) is 22.0 Å². The van der Waals surface area contributed by atoms with Crippen molar-refractivity contribution in [3.63, 3.8) is 0 Å². The molecule has 0 saturated carbocycles. The summed E-state index contributed by atoms with van der Waals surface area (Å²) in [5.74, 6) is 1.60.